The van der Waals surface area contributed by atoms with Gasteiger partial charge in [0.05, 0.1) is 11.3 Å². The number of rotatable bonds is 7. The Labute approximate surface area is 143 Å². The number of aryl methyl sites for hydroxylation is 1. The lowest BCUT2D eigenvalue weighted by atomic mass is 10.3. The Hall–Kier alpha value is -2.59. The van der Waals surface area contributed by atoms with E-state index in [0.29, 0.717) is 17.3 Å². The summed E-state index contributed by atoms with van der Waals surface area (Å²) in [6, 6.07) is 3.27. The molecule has 0 saturated carbocycles. The van der Waals surface area contributed by atoms with Crippen LogP contribution in [0.1, 0.15) is 17.9 Å². The zero-order valence-corrected chi connectivity index (χ0v) is 13.8. The Kier molecular flexibility index (Phi) is 4.96. The Balaban J connectivity index is 1.46. The van der Waals surface area contributed by atoms with Crippen molar-refractivity contribution in [2.45, 2.75) is 19.4 Å². The molecule has 0 aliphatic heterocycles. The first-order valence-electron chi connectivity index (χ1n) is 6.84. The van der Waals surface area contributed by atoms with Crippen LogP contribution in [0.5, 0.6) is 0 Å². The Morgan fingerprint density at radius 3 is 3.00 bits per heavy atom. The van der Waals surface area contributed by atoms with Crippen molar-refractivity contribution < 1.29 is 19.0 Å². The zero-order chi connectivity index (χ0) is 16.9. The second-order valence-electron chi connectivity index (χ2n) is 4.73. The molecule has 0 N–H and O–H groups in total. The average molecular weight is 365 g/mol. The van der Waals surface area contributed by atoms with Crippen LogP contribution in [0, 0.1) is 10.1 Å². The monoisotopic (exact) mass is 365 g/mol. The molecule has 10 heteroatoms. The van der Waals surface area contributed by atoms with Gasteiger partial charge in [-0.25, -0.2) is 0 Å². The lowest BCUT2D eigenvalue weighted by Gasteiger charge is -2.01. The Morgan fingerprint density at radius 1 is 1.42 bits per heavy atom. The van der Waals surface area contributed by atoms with E-state index in [2.05, 4.69) is 10.1 Å². The average Bonchev–Trinajstić information content (AvgIpc) is 3.31. The molecule has 0 amide bonds. The van der Waals surface area contributed by atoms with Crippen LogP contribution in [0.25, 0.3) is 11.4 Å². The van der Waals surface area contributed by atoms with E-state index in [-0.39, 0.29) is 24.4 Å². The van der Waals surface area contributed by atoms with Gasteiger partial charge in [-0.1, -0.05) is 16.5 Å². The van der Waals surface area contributed by atoms with Crippen LogP contribution in [0.3, 0.4) is 0 Å². The molecule has 0 aromatic carbocycles. The molecule has 24 heavy (non-hydrogen) atoms. The first-order valence-corrected chi connectivity index (χ1v) is 8.66. The van der Waals surface area contributed by atoms with Crippen molar-refractivity contribution in [3.8, 4) is 11.4 Å². The highest BCUT2D eigenvalue weighted by Crippen LogP contribution is 2.23. The quantitative estimate of drug-likeness (QED) is 0.358. The molecule has 3 aromatic heterocycles. The highest BCUT2D eigenvalue weighted by molar-refractivity contribution is 7.13. The van der Waals surface area contributed by atoms with E-state index in [1.807, 2.05) is 16.8 Å². The molecule has 0 bridgehead atoms. The molecular weight excluding hydrogens is 354 g/mol. The summed E-state index contributed by atoms with van der Waals surface area (Å²) in [4.78, 5) is 26.0. The van der Waals surface area contributed by atoms with Crippen LogP contribution >= 0.6 is 22.7 Å². The summed E-state index contributed by atoms with van der Waals surface area (Å²) in [5, 5.41) is 19.9. The van der Waals surface area contributed by atoms with E-state index < -0.39 is 10.9 Å². The maximum Gasteiger partial charge on any atom is 0.324 e. The highest BCUT2D eigenvalue weighted by Gasteiger charge is 2.13. The van der Waals surface area contributed by atoms with E-state index in [0.717, 1.165) is 16.9 Å². The molecule has 124 valence electrons. The van der Waals surface area contributed by atoms with Gasteiger partial charge in [0.2, 0.25) is 11.7 Å². The van der Waals surface area contributed by atoms with Gasteiger partial charge in [-0.05, 0) is 11.4 Å². The van der Waals surface area contributed by atoms with Gasteiger partial charge in [-0.15, -0.1) is 0 Å². The van der Waals surface area contributed by atoms with Gasteiger partial charge in [0, 0.05) is 34.4 Å². The van der Waals surface area contributed by atoms with Crippen molar-refractivity contribution in [1.29, 1.82) is 0 Å². The predicted octanol–water partition coefficient (Wildman–Crippen LogP) is 3.44. The molecule has 0 aliphatic rings. The third kappa shape index (κ3) is 4.03. The third-order valence-corrected chi connectivity index (χ3v) is 4.62. The topological polar surface area (TPSA) is 108 Å². The number of hydrogen-bond donors (Lipinski definition) is 0. The van der Waals surface area contributed by atoms with Crippen molar-refractivity contribution in [2.24, 2.45) is 0 Å². The summed E-state index contributed by atoms with van der Waals surface area (Å²) in [6.07, 6.45) is 0.372. The molecule has 0 aliphatic carbocycles. The molecule has 8 nitrogen and oxygen atoms in total. The van der Waals surface area contributed by atoms with Crippen LogP contribution < -0.4 is 0 Å². The first kappa shape index (κ1) is 16.3. The summed E-state index contributed by atoms with van der Waals surface area (Å²) < 4.78 is 10.2. The number of hydrogen-bond acceptors (Lipinski definition) is 9. The minimum Gasteiger partial charge on any atom is -0.461 e. The number of aromatic nitrogens is 2. The lowest BCUT2D eigenvalue weighted by Crippen LogP contribution is -2.05. The van der Waals surface area contributed by atoms with Gasteiger partial charge >= 0.3 is 11.0 Å². The van der Waals surface area contributed by atoms with Gasteiger partial charge in [-0.2, -0.15) is 16.3 Å². The van der Waals surface area contributed by atoms with Gasteiger partial charge in [0.15, 0.2) is 0 Å². The third-order valence-electron chi connectivity index (χ3n) is 3.01. The summed E-state index contributed by atoms with van der Waals surface area (Å²) in [6.45, 7) is 0.00710. The highest BCUT2D eigenvalue weighted by atomic mass is 32.1. The summed E-state index contributed by atoms with van der Waals surface area (Å²) in [5.74, 6) is 0.420. The fourth-order valence-corrected chi connectivity index (χ4v) is 3.19. The molecule has 0 radical (unpaired) electrons. The maximum absolute atomic E-state index is 11.7. The summed E-state index contributed by atoms with van der Waals surface area (Å²) in [5.41, 5.74) is 1.47. The lowest BCUT2D eigenvalue weighted by molar-refractivity contribution is -0.380. The van der Waals surface area contributed by atoms with Crippen molar-refractivity contribution in [2.75, 3.05) is 0 Å². The van der Waals surface area contributed by atoms with Gasteiger partial charge < -0.3 is 9.26 Å². The van der Waals surface area contributed by atoms with Crippen LogP contribution in [0.4, 0.5) is 5.00 Å². The normalized spacial score (nSPS) is 10.7. The number of carbonyl (C=O) groups is 1. The van der Waals surface area contributed by atoms with E-state index in [4.69, 9.17) is 9.26 Å². The number of nitrogens with zero attached hydrogens (tertiary/aromatic N) is 3. The second-order valence-corrected chi connectivity index (χ2v) is 6.40. The number of thiophene rings is 2. The fourth-order valence-electron chi connectivity index (χ4n) is 1.84. The zero-order valence-electron chi connectivity index (χ0n) is 12.2. The molecule has 0 unspecified atom stereocenters. The van der Waals surface area contributed by atoms with Crippen molar-refractivity contribution in [3.63, 3.8) is 0 Å². The molecule has 0 atom stereocenters. The summed E-state index contributed by atoms with van der Waals surface area (Å²) >= 11 is 2.53. The van der Waals surface area contributed by atoms with E-state index in [9.17, 15) is 14.9 Å². The van der Waals surface area contributed by atoms with Crippen LogP contribution in [-0.4, -0.2) is 21.0 Å². The SMILES string of the molecule is O=C(CCc1nc(-c2ccsc2)no1)OCc1csc([N+](=O)[O-])c1. The Morgan fingerprint density at radius 2 is 2.29 bits per heavy atom. The number of nitro groups is 1. The van der Waals surface area contributed by atoms with Crippen molar-refractivity contribution >= 4 is 33.6 Å². The van der Waals surface area contributed by atoms with E-state index >= 15 is 0 Å². The van der Waals surface area contributed by atoms with Crippen LogP contribution in [-0.2, 0) is 22.6 Å². The minimum absolute atomic E-state index is 0.00710. The van der Waals surface area contributed by atoms with Crippen LogP contribution in [0.2, 0.25) is 0 Å². The molecule has 0 saturated heterocycles. The van der Waals surface area contributed by atoms with E-state index in [1.54, 1.807) is 5.38 Å². The van der Waals surface area contributed by atoms with Crippen molar-refractivity contribution in [1.82, 2.24) is 10.1 Å². The molecular formula is C14H11N3O5S2. The van der Waals surface area contributed by atoms with Crippen molar-refractivity contribution in [3.05, 3.63) is 49.8 Å². The molecule has 3 aromatic rings. The number of esters is 1. The first-order chi connectivity index (χ1) is 11.6. The fraction of sp³-hybridized carbons (Fsp3) is 0.214. The van der Waals surface area contributed by atoms with Gasteiger partial charge in [0.25, 0.3) is 0 Å². The van der Waals surface area contributed by atoms with E-state index in [1.165, 1.54) is 17.4 Å². The molecule has 3 heterocycles. The second kappa shape index (κ2) is 7.32. The van der Waals surface area contributed by atoms with Gasteiger partial charge in [-0.3, -0.25) is 14.9 Å². The molecule has 0 fully saturated rings. The smallest absolute Gasteiger partial charge is 0.324 e. The number of carbonyl (C=O) groups excluding carboxylic acids is 1. The molecule has 0 spiro atoms. The minimum atomic E-state index is -0.476. The van der Waals surface area contributed by atoms with Crippen LogP contribution in [0.15, 0.2) is 32.8 Å². The number of ether oxygens (including phenoxy) is 1. The van der Waals surface area contributed by atoms with Gasteiger partial charge in [0.1, 0.15) is 6.61 Å². The standard InChI is InChI=1S/C14H11N3O5S2/c18-13(21-6-9-5-12(17(19)20)24-7-9)2-1-11-15-14(16-22-11)10-3-4-23-8-10/h3-5,7-8H,1-2,6H2. The Bertz CT molecular complexity index is 840. The molecule has 3 rings (SSSR count). The maximum atomic E-state index is 11.7. The summed E-state index contributed by atoms with van der Waals surface area (Å²) in [7, 11) is 0. The predicted molar refractivity (Wildman–Crippen MR) is 86.7 cm³/mol. The largest absolute Gasteiger partial charge is 0.461 e.